The second kappa shape index (κ2) is 8.24. The van der Waals surface area contributed by atoms with E-state index in [1.807, 2.05) is 6.92 Å². The number of carbonyl (C=O) groups excluding carboxylic acids is 1. The molecule has 1 amide bonds. The highest BCUT2D eigenvalue weighted by Crippen LogP contribution is 2.26. The molecular formula is C13H23N3O2S. The Bertz CT molecular complexity index is 405. The Morgan fingerprint density at radius 3 is 2.84 bits per heavy atom. The van der Waals surface area contributed by atoms with E-state index in [1.54, 1.807) is 7.11 Å². The number of nitrogens with one attached hydrogen (secondary N) is 2. The highest BCUT2D eigenvalue weighted by atomic mass is 32.1. The molecule has 0 radical (unpaired) electrons. The largest absolute Gasteiger partial charge is 0.383 e. The van der Waals surface area contributed by atoms with Crippen molar-refractivity contribution in [1.82, 2.24) is 10.3 Å². The lowest BCUT2D eigenvalue weighted by Crippen LogP contribution is -2.30. The molecule has 0 atom stereocenters. The molecule has 0 spiro atoms. The van der Waals surface area contributed by atoms with Crippen molar-refractivity contribution in [2.75, 3.05) is 32.1 Å². The summed E-state index contributed by atoms with van der Waals surface area (Å²) in [4.78, 5) is 16.3. The molecule has 0 saturated carbocycles. The van der Waals surface area contributed by atoms with E-state index in [1.165, 1.54) is 11.3 Å². The van der Waals surface area contributed by atoms with Gasteiger partial charge in [0.1, 0.15) is 5.00 Å². The molecule has 0 unspecified atom stereocenters. The monoisotopic (exact) mass is 285 g/mol. The standard InChI is InChI=1S/C13H23N3O2S/c1-9(2)7-11-13(19-10(3)15-11)16-12(17)8-14-5-6-18-4/h9,14H,5-8H2,1-4H3,(H,16,17). The maximum atomic E-state index is 11.8. The van der Waals surface area contributed by atoms with E-state index in [9.17, 15) is 4.79 Å². The number of ether oxygens (including phenoxy) is 1. The van der Waals surface area contributed by atoms with E-state index in [0.29, 0.717) is 25.6 Å². The summed E-state index contributed by atoms with van der Waals surface area (Å²) in [6.07, 6.45) is 0.886. The third kappa shape index (κ3) is 6.13. The number of aryl methyl sites for hydroxylation is 1. The van der Waals surface area contributed by atoms with Crippen LogP contribution in [0, 0.1) is 12.8 Å². The lowest BCUT2D eigenvalue weighted by atomic mass is 10.1. The Kier molecular flexibility index (Phi) is 6.97. The van der Waals surface area contributed by atoms with Crippen LogP contribution in [0.5, 0.6) is 0 Å². The van der Waals surface area contributed by atoms with Gasteiger partial charge in [-0.3, -0.25) is 4.79 Å². The molecule has 1 aromatic heterocycles. The van der Waals surface area contributed by atoms with Gasteiger partial charge >= 0.3 is 0 Å². The van der Waals surface area contributed by atoms with Crippen molar-refractivity contribution in [3.8, 4) is 0 Å². The maximum absolute atomic E-state index is 11.8. The second-order valence-corrected chi connectivity index (χ2v) is 6.03. The first-order valence-electron chi connectivity index (χ1n) is 6.48. The van der Waals surface area contributed by atoms with Gasteiger partial charge < -0.3 is 15.4 Å². The van der Waals surface area contributed by atoms with Crippen molar-refractivity contribution in [3.63, 3.8) is 0 Å². The van der Waals surface area contributed by atoms with Crippen molar-refractivity contribution >= 4 is 22.2 Å². The molecular weight excluding hydrogens is 262 g/mol. The van der Waals surface area contributed by atoms with Crippen LogP contribution in [-0.2, 0) is 16.0 Å². The van der Waals surface area contributed by atoms with Gasteiger partial charge in [0.2, 0.25) is 5.91 Å². The van der Waals surface area contributed by atoms with Crippen molar-refractivity contribution in [2.45, 2.75) is 27.2 Å². The molecule has 0 aromatic carbocycles. The van der Waals surface area contributed by atoms with Gasteiger partial charge in [-0.25, -0.2) is 4.98 Å². The highest BCUT2D eigenvalue weighted by molar-refractivity contribution is 7.16. The summed E-state index contributed by atoms with van der Waals surface area (Å²) < 4.78 is 4.91. The molecule has 1 rings (SSSR count). The molecule has 19 heavy (non-hydrogen) atoms. The Labute approximate surface area is 118 Å². The average Bonchev–Trinajstić information content (AvgIpc) is 2.64. The van der Waals surface area contributed by atoms with E-state index in [4.69, 9.17) is 4.74 Å². The zero-order valence-corrected chi connectivity index (χ0v) is 12.9. The van der Waals surface area contributed by atoms with Crippen LogP contribution < -0.4 is 10.6 Å². The van der Waals surface area contributed by atoms with Crippen LogP contribution in [0.25, 0.3) is 0 Å². The van der Waals surface area contributed by atoms with Crippen LogP contribution in [0.1, 0.15) is 24.5 Å². The fraction of sp³-hybridized carbons (Fsp3) is 0.692. The molecule has 6 heteroatoms. The van der Waals surface area contributed by atoms with Crippen molar-refractivity contribution in [2.24, 2.45) is 5.92 Å². The molecule has 0 aliphatic heterocycles. The number of hydrogen-bond donors (Lipinski definition) is 2. The average molecular weight is 285 g/mol. The van der Waals surface area contributed by atoms with Gasteiger partial charge in [0.25, 0.3) is 0 Å². The summed E-state index contributed by atoms with van der Waals surface area (Å²) in [5.41, 5.74) is 0.989. The zero-order chi connectivity index (χ0) is 14.3. The van der Waals surface area contributed by atoms with E-state index in [0.717, 1.165) is 22.1 Å². The van der Waals surface area contributed by atoms with Gasteiger partial charge in [-0.05, 0) is 19.3 Å². The smallest absolute Gasteiger partial charge is 0.238 e. The van der Waals surface area contributed by atoms with Crippen molar-refractivity contribution in [1.29, 1.82) is 0 Å². The van der Waals surface area contributed by atoms with Crippen LogP contribution in [0.4, 0.5) is 5.00 Å². The predicted molar refractivity (Wildman–Crippen MR) is 78.8 cm³/mol. The SMILES string of the molecule is COCCNCC(=O)Nc1sc(C)nc1CC(C)C. The molecule has 5 nitrogen and oxygen atoms in total. The molecule has 1 aromatic rings. The van der Waals surface area contributed by atoms with Crippen molar-refractivity contribution < 1.29 is 9.53 Å². The number of carbonyl (C=O) groups is 1. The van der Waals surface area contributed by atoms with Gasteiger partial charge in [-0.2, -0.15) is 0 Å². The molecule has 0 bridgehead atoms. The highest BCUT2D eigenvalue weighted by Gasteiger charge is 2.13. The van der Waals surface area contributed by atoms with E-state index in [-0.39, 0.29) is 5.91 Å². The zero-order valence-electron chi connectivity index (χ0n) is 12.1. The molecule has 0 aliphatic carbocycles. The van der Waals surface area contributed by atoms with Crippen LogP contribution in [0.15, 0.2) is 0 Å². The summed E-state index contributed by atoms with van der Waals surface area (Å²) in [5.74, 6) is 0.488. The second-order valence-electron chi connectivity index (χ2n) is 4.82. The minimum Gasteiger partial charge on any atom is -0.383 e. The Morgan fingerprint density at radius 2 is 2.21 bits per heavy atom. The summed E-state index contributed by atoms with van der Waals surface area (Å²) in [6.45, 7) is 7.82. The van der Waals surface area contributed by atoms with Gasteiger partial charge in [0.15, 0.2) is 0 Å². The summed E-state index contributed by atoms with van der Waals surface area (Å²) >= 11 is 1.53. The summed E-state index contributed by atoms with van der Waals surface area (Å²) in [5, 5.41) is 7.81. The van der Waals surface area contributed by atoms with Gasteiger partial charge in [-0.1, -0.05) is 13.8 Å². The van der Waals surface area contributed by atoms with Crippen molar-refractivity contribution in [3.05, 3.63) is 10.7 Å². The summed E-state index contributed by atoms with van der Waals surface area (Å²) in [7, 11) is 1.64. The number of anilines is 1. The number of nitrogens with zero attached hydrogens (tertiary/aromatic N) is 1. The van der Waals surface area contributed by atoms with Gasteiger partial charge in [0, 0.05) is 13.7 Å². The predicted octanol–water partition coefficient (Wildman–Crippen LogP) is 1.82. The topological polar surface area (TPSA) is 63.2 Å². The van der Waals surface area contributed by atoms with Gasteiger partial charge in [-0.15, -0.1) is 11.3 Å². The number of aromatic nitrogens is 1. The minimum absolute atomic E-state index is 0.0373. The quantitative estimate of drug-likeness (QED) is 0.715. The van der Waals surface area contributed by atoms with E-state index in [2.05, 4.69) is 29.5 Å². The first-order chi connectivity index (χ1) is 9.02. The Morgan fingerprint density at radius 1 is 1.47 bits per heavy atom. The first-order valence-corrected chi connectivity index (χ1v) is 7.30. The van der Waals surface area contributed by atoms with Gasteiger partial charge in [0.05, 0.1) is 23.9 Å². The Balaban J connectivity index is 2.49. The Hall–Kier alpha value is -0.980. The van der Waals surface area contributed by atoms with E-state index < -0.39 is 0 Å². The van der Waals surface area contributed by atoms with Crippen LogP contribution in [0.2, 0.25) is 0 Å². The maximum Gasteiger partial charge on any atom is 0.238 e. The number of rotatable bonds is 8. The normalized spacial score (nSPS) is 11.0. The lowest BCUT2D eigenvalue weighted by Gasteiger charge is -2.07. The molecule has 0 aliphatic rings. The van der Waals surface area contributed by atoms with Crippen LogP contribution >= 0.6 is 11.3 Å². The number of amides is 1. The third-order valence-corrected chi connectivity index (χ3v) is 3.36. The molecule has 0 fully saturated rings. The molecule has 108 valence electrons. The number of hydrogen-bond acceptors (Lipinski definition) is 5. The summed E-state index contributed by atoms with van der Waals surface area (Å²) in [6, 6.07) is 0. The van der Waals surface area contributed by atoms with Crippen LogP contribution in [-0.4, -0.2) is 37.7 Å². The molecule has 1 heterocycles. The fourth-order valence-electron chi connectivity index (χ4n) is 1.64. The lowest BCUT2D eigenvalue weighted by molar-refractivity contribution is -0.115. The number of methoxy groups -OCH3 is 1. The molecule has 2 N–H and O–H groups in total. The third-order valence-electron chi connectivity index (χ3n) is 2.43. The molecule has 0 saturated heterocycles. The van der Waals surface area contributed by atoms with E-state index >= 15 is 0 Å². The fourth-order valence-corrected chi connectivity index (χ4v) is 2.50. The number of thiazole rings is 1. The minimum atomic E-state index is -0.0373. The first kappa shape index (κ1) is 16.1. The van der Waals surface area contributed by atoms with Crippen LogP contribution in [0.3, 0.4) is 0 Å².